The van der Waals surface area contributed by atoms with Crippen LogP contribution in [0.4, 0.5) is 0 Å². The maximum Gasteiger partial charge on any atom is 0.0655 e. The number of rotatable bonds is 6. The van der Waals surface area contributed by atoms with Crippen molar-refractivity contribution in [1.82, 2.24) is 0 Å². The van der Waals surface area contributed by atoms with E-state index in [-0.39, 0.29) is 5.92 Å². The number of hydrogen-bond donors (Lipinski definition) is 0. The molecule has 1 heteroatoms. The average molecular weight is 247 g/mol. The van der Waals surface area contributed by atoms with Gasteiger partial charge in [-0.1, -0.05) is 26.0 Å². The van der Waals surface area contributed by atoms with Gasteiger partial charge in [0, 0.05) is 5.92 Å². The molecule has 0 bridgehead atoms. The Kier molecular flexibility index (Phi) is 7.09. The van der Waals surface area contributed by atoms with Crippen LogP contribution in [0.15, 0.2) is 12.2 Å². The molecule has 1 rings (SSSR count). The van der Waals surface area contributed by atoms with E-state index < -0.39 is 0 Å². The molecule has 0 aliphatic heterocycles. The fourth-order valence-electron chi connectivity index (χ4n) is 3.24. The lowest BCUT2D eigenvalue weighted by Gasteiger charge is -2.31. The van der Waals surface area contributed by atoms with Crippen molar-refractivity contribution < 1.29 is 0 Å². The van der Waals surface area contributed by atoms with Crippen LogP contribution >= 0.6 is 0 Å². The van der Waals surface area contributed by atoms with E-state index in [1.54, 1.807) is 0 Å². The van der Waals surface area contributed by atoms with Crippen molar-refractivity contribution in [3.05, 3.63) is 12.2 Å². The van der Waals surface area contributed by atoms with E-state index in [1.807, 2.05) is 0 Å². The van der Waals surface area contributed by atoms with Crippen LogP contribution in [0.1, 0.15) is 65.7 Å². The summed E-state index contributed by atoms with van der Waals surface area (Å²) in [6.07, 6.45) is 13.4. The normalized spacial score (nSPS) is 27.9. The molecule has 1 aliphatic carbocycles. The van der Waals surface area contributed by atoms with Crippen LogP contribution in [0, 0.1) is 35.0 Å². The van der Waals surface area contributed by atoms with Crippen LogP contribution in [0.2, 0.25) is 0 Å². The third kappa shape index (κ3) is 4.84. The van der Waals surface area contributed by atoms with Crippen molar-refractivity contribution in [3.8, 4) is 6.07 Å². The maximum atomic E-state index is 8.99. The minimum absolute atomic E-state index is 0.284. The molecule has 0 amide bonds. The summed E-state index contributed by atoms with van der Waals surface area (Å²) >= 11 is 0. The monoisotopic (exact) mass is 247 g/mol. The summed E-state index contributed by atoms with van der Waals surface area (Å²) in [5, 5.41) is 8.99. The Morgan fingerprint density at radius 2 is 1.89 bits per heavy atom. The summed E-state index contributed by atoms with van der Waals surface area (Å²) in [5.41, 5.74) is 0. The Morgan fingerprint density at radius 3 is 2.39 bits per heavy atom. The van der Waals surface area contributed by atoms with E-state index in [2.05, 4.69) is 39.0 Å². The third-order valence-corrected chi connectivity index (χ3v) is 4.73. The molecule has 0 N–H and O–H groups in total. The molecule has 0 aromatic carbocycles. The van der Waals surface area contributed by atoms with Crippen LogP contribution in [0.5, 0.6) is 0 Å². The highest BCUT2D eigenvalue weighted by Crippen LogP contribution is 2.36. The molecule has 18 heavy (non-hydrogen) atoms. The third-order valence-electron chi connectivity index (χ3n) is 4.73. The minimum atomic E-state index is 0.284. The smallest absolute Gasteiger partial charge is 0.0655 e. The van der Waals surface area contributed by atoms with Gasteiger partial charge >= 0.3 is 0 Å². The van der Waals surface area contributed by atoms with E-state index >= 15 is 0 Å². The van der Waals surface area contributed by atoms with Crippen LogP contribution in [0.3, 0.4) is 0 Å². The first kappa shape index (κ1) is 15.3. The van der Waals surface area contributed by atoms with Gasteiger partial charge in [-0.3, -0.25) is 0 Å². The molecule has 0 saturated heterocycles. The van der Waals surface area contributed by atoms with Crippen LogP contribution in [0.25, 0.3) is 0 Å². The number of hydrogen-bond acceptors (Lipinski definition) is 1. The molecule has 1 aliphatic rings. The van der Waals surface area contributed by atoms with Crippen LogP contribution in [-0.4, -0.2) is 0 Å². The lowest BCUT2D eigenvalue weighted by molar-refractivity contribution is 0.219. The van der Waals surface area contributed by atoms with Gasteiger partial charge in [0.25, 0.3) is 0 Å². The lowest BCUT2D eigenvalue weighted by Crippen LogP contribution is -2.19. The average Bonchev–Trinajstić information content (AvgIpc) is 2.41. The molecule has 0 aromatic rings. The van der Waals surface area contributed by atoms with Gasteiger partial charge in [-0.2, -0.15) is 5.26 Å². The van der Waals surface area contributed by atoms with E-state index in [1.165, 1.54) is 32.1 Å². The van der Waals surface area contributed by atoms with Gasteiger partial charge < -0.3 is 0 Å². The van der Waals surface area contributed by atoms with Gasteiger partial charge in [-0.25, -0.2) is 0 Å². The van der Waals surface area contributed by atoms with Crippen molar-refractivity contribution >= 4 is 0 Å². The molecule has 0 spiro atoms. The van der Waals surface area contributed by atoms with Gasteiger partial charge in [0.05, 0.1) is 6.07 Å². The highest BCUT2D eigenvalue weighted by Gasteiger charge is 2.24. The van der Waals surface area contributed by atoms with Gasteiger partial charge in [0.2, 0.25) is 0 Å². The quantitative estimate of drug-likeness (QED) is 0.581. The predicted octanol–water partition coefficient (Wildman–Crippen LogP) is 5.33. The summed E-state index contributed by atoms with van der Waals surface area (Å²) in [6.45, 7) is 6.65. The predicted molar refractivity (Wildman–Crippen MR) is 78.1 cm³/mol. The van der Waals surface area contributed by atoms with E-state index in [4.69, 9.17) is 5.26 Å². The summed E-state index contributed by atoms with van der Waals surface area (Å²) in [6, 6.07) is 2.42. The number of allylic oxidation sites excluding steroid dienone is 2. The molecular weight excluding hydrogens is 218 g/mol. The van der Waals surface area contributed by atoms with E-state index in [0.717, 1.165) is 30.6 Å². The second kappa shape index (κ2) is 8.35. The zero-order chi connectivity index (χ0) is 13.4. The number of nitrogens with zero attached hydrogens (tertiary/aromatic N) is 1. The Hall–Kier alpha value is -0.770. The molecule has 1 saturated carbocycles. The maximum absolute atomic E-state index is 8.99. The standard InChI is InChI=1S/C17H29N/c1-4-6-16-9-11-17(12-10-16)14(3)7-8-15(5-2)13-18/h4,6,14-17H,5,7-12H2,1-3H3/b6-4+. The van der Waals surface area contributed by atoms with Crippen LogP contribution < -0.4 is 0 Å². The molecule has 2 atom stereocenters. The largest absolute Gasteiger partial charge is 0.198 e. The van der Waals surface area contributed by atoms with Crippen molar-refractivity contribution in [2.75, 3.05) is 0 Å². The molecule has 0 aromatic heterocycles. The lowest BCUT2D eigenvalue weighted by atomic mass is 9.74. The molecular formula is C17H29N. The molecule has 0 radical (unpaired) electrons. The Labute approximate surface area is 113 Å². The van der Waals surface area contributed by atoms with Crippen molar-refractivity contribution in [2.45, 2.75) is 65.7 Å². The topological polar surface area (TPSA) is 23.8 Å². The SMILES string of the molecule is C/C=C/C1CCC(C(C)CCC(C#N)CC)CC1. The van der Waals surface area contributed by atoms with Gasteiger partial charge in [0.1, 0.15) is 0 Å². The summed E-state index contributed by atoms with van der Waals surface area (Å²) in [5.74, 6) is 2.83. The molecule has 2 unspecified atom stereocenters. The van der Waals surface area contributed by atoms with Crippen molar-refractivity contribution in [2.24, 2.45) is 23.7 Å². The minimum Gasteiger partial charge on any atom is -0.198 e. The van der Waals surface area contributed by atoms with Crippen LogP contribution in [-0.2, 0) is 0 Å². The molecule has 102 valence electrons. The first-order chi connectivity index (χ1) is 8.71. The molecule has 0 heterocycles. The highest BCUT2D eigenvalue weighted by atomic mass is 14.3. The summed E-state index contributed by atoms with van der Waals surface area (Å²) in [4.78, 5) is 0. The number of nitriles is 1. The second-order valence-electron chi connectivity index (χ2n) is 5.99. The Balaban J connectivity index is 2.27. The Morgan fingerprint density at radius 1 is 1.22 bits per heavy atom. The fourth-order valence-corrected chi connectivity index (χ4v) is 3.24. The zero-order valence-corrected chi connectivity index (χ0v) is 12.4. The summed E-state index contributed by atoms with van der Waals surface area (Å²) in [7, 11) is 0. The van der Waals surface area contributed by atoms with Gasteiger partial charge in [-0.15, -0.1) is 0 Å². The van der Waals surface area contributed by atoms with Crippen molar-refractivity contribution in [3.63, 3.8) is 0 Å². The molecule has 1 fully saturated rings. The second-order valence-corrected chi connectivity index (χ2v) is 5.99. The fraction of sp³-hybridized carbons (Fsp3) is 0.824. The zero-order valence-electron chi connectivity index (χ0n) is 12.4. The van der Waals surface area contributed by atoms with E-state index in [0.29, 0.717) is 0 Å². The first-order valence-electron chi connectivity index (χ1n) is 7.73. The first-order valence-corrected chi connectivity index (χ1v) is 7.73. The molecule has 1 nitrogen and oxygen atoms in total. The van der Waals surface area contributed by atoms with Gasteiger partial charge in [-0.05, 0) is 69.6 Å². The van der Waals surface area contributed by atoms with Crippen molar-refractivity contribution in [1.29, 1.82) is 5.26 Å². The van der Waals surface area contributed by atoms with Gasteiger partial charge in [0.15, 0.2) is 0 Å². The summed E-state index contributed by atoms with van der Waals surface area (Å²) < 4.78 is 0. The van der Waals surface area contributed by atoms with E-state index in [9.17, 15) is 0 Å². The Bertz CT molecular complexity index is 278. The highest BCUT2D eigenvalue weighted by molar-refractivity contribution is 4.90.